The Bertz CT molecular complexity index is 788. The predicted octanol–water partition coefficient (Wildman–Crippen LogP) is 2.49. The molecule has 3 heterocycles. The van der Waals surface area contributed by atoms with Crippen molar-refractivity contribution in [3.05, 3.63) is 54.1 Å². The fourth-order valence-electron chi connectivity index (χ4n) is 3.91. The number of amides is 1. The van der Waals surface area contributed by atoms with Gasteiger partial charge in [0.15, 0.2) is 0 Å². The fraction of sp³-hybridized carbons (Fsp3) is 0.421. The van der Waals surface area contributed by atoms with E-state index in [1.165, 1.54) is 24.5 Å². The average molecular weight is 356 g/mol. The first-order chi connectivity index (χ1) is 12.6. The molecule has 7 heteroatoms. The van der Waals surface area contributed by atoms with Crippen LogP contribution in [0.2, 0.25) is 0 Å². The van der Waals surface area contributed by atoms with Crippen LogP contribution in [0, 0.1) is 5.82 Å². The maximum absolute atomic E-state index is 13.4. The molecule has 2 fully saturated rings. The molecule has 2 aliphatic rings. The van der Waals surface area contributed by atoms with Crippen molar-refractivity contribution in [1.82, 2.24) is 15.1 Å². The van der Waals surface area contributed by atoms with Crippen LogP contribution in [0.4, 0.5) is 10.1 Å². The van der Waals surface area contributed by atoms with Gasteiger partial charge in [-0.3, -0.25) is 4.79 Å². The largest absolute Gasteiger partial charge is 0.380 e. The molecule has 26 heavy (non-hydrogen) atoms. The van der Waals surface area contributed by atoms with E-state index in [4.69, 9.17) is 4.74 Å². The van der Waals surface area contributed by atoms with Gasteiger partial charge in [0.25, 0.3) is 5.91 Å². The molecule has 1 N–H and O–H groups in total. The number of nitrogens with zero attached hydrogens (tertiary/aromatic N) is 3. The van der Waals surface area contributed by atoms with Crippen LogP contribution >= 0.6 is 0 Å². The van der Waals surface area contributed by atoms with Gasteiger partial charge in [-0.15, -0.1) is 0 Å². The van der Waals surface area contributed by atoms with Gasteiger partial charge in [0.1, 0.15) is 5.82 Å². The molecule has 4 rings (SSSR count). The van der Waals surface area contributed by atoms with E-state index >= 15 is 0 Å². The van der Waals surface area contributed by atoms with Crippen molar-refractivity contribution in [3.63, 3.8) is 0 Å². The second-order valence-electron chi connectivity index (χ2n) is 7.01. The monoisotopic (exact) mass is 356 g/mol. The molecule has 0 bridgehead atoms. The lowest BCUT2D eigenvalue weighted by Crippen LogP contribution is -2.50. The summed E-state index contributed by atoms with van der Waals surface area (Å²) in [6.45, 7) is 1.83. The second kappa shape index (κ2) is 6.99. The van der Waals surface area contributed by atoms with Crippen molar-refractivity contribution in [1.29, 1.82) is 0 Å². The minimum atomic E-state index is -0.334. The number of hydrogen-bond donors (Lipinski definition) is 1. The van der Waals surface area contributed by atoms with E-state index in [0.717, 1.165) is 24.9 Å². The summed E-state index contributed by atoms with van der Waals surface area (Å²) in [4.78, 5) is 14.5. The lowest BCUT2D eigenvalue weighted by Gasteiger charge is -2.39. The molecule has 136 valence electrons. The molecular formula is C19H21FN4O2. The molecule has 1 aromatic heterocycles. The third-order valence-electron chi connectivity index (χ3n) is 5.06. The Morgan fingerprint density at radius 1 is 1.35 bits per heavy atom. The Morgan fingerprint density at radius 2 is 2.27 bits per heavy atom. The standard InChI is InChI=1S/C19H21FN4O2/c20-15-3-1-4-16(9-15)23-17-10-19(26-12-17)6-2-8-24(13-19)18(25)14-5-7-21-22-11-14/h1,3-5,7,9,11,17,23H,2,6,8,10,12-13H2/t17-,19+/m1/s1. The van der Waals surface area contributed by atoms with Gasteiger partial charge in [0.05, 0.1) is 42.8 Å². The third kappa shape index (κ3) is 3.53. The zero-order valence-electron chi connectivity index (χ0n) is 14.4. The topological polar surface area (TPSA) is 67.4 Å². The Hall–Kier alpha value is -2.54. The smallest absolute Gasteiger partial charge is 0.255 e. The van der Waals surface area contributed by atoms with Gasteiger partial charge in [0.2, 0.25) is 0 Å². The van der Waals surface area contributed by atoms with Crippen LogP contribution in [0.25, 0.3) is 0 Å². The zero-order chi connectivity index (χ0) is 18.0. The van der Waals surface area contributed by atoms with Crippen molar-refractivity contribution >= 4 is 11.6 Å². The zero-order valence-corrected chi connectivity index (χ0v) is 14.4. The summed E-state index contributed by atoms with van der Waals surface area (Å²) >= 11 is 0. The SMILES string of the molecule is O=C(c1ccnnc1)N1CCC[C@]2(C[C@@H](Nc3cccc(F)c3)CO2)C1. The molecule has 6 nitrogen and oxygen atoms in total. The van der Waals surface area contributed by atoms with Crippen LogP contribution in [-0.2, 0) is 4.74 Å². The van der Waals surface area contributed by atoms with Crippen LogP contribution in [0.5, 0.6) is 0 Å². The highest BCUT2D eigenvalue weighted by atomic mass is 19.1. The second-order valence-corrected chi connectivity index (χ2v) is 7.01. The highest BCUT2D eigenvalue weighted by Crippen LogP contribution is 2.36. The summed E-state index contributed by atoms with van der Waals surface area (Å²) in [6, 6.07) is 8.23. The molecule has 1 spiro atoms. The van der Waals surface area contributed by atoms with E-state index in [1.54, 1.807) is 12.1 Å². The molecule has 2 atom stereocenters. The summed E-state index contributed by atoms with van der Waals surface area (Å²) in [5.41, 5.74) is 0.964. The summed E-state index contributed by atoms with van der Waals surface area (Å²) in [5, 5.41) is 10.8. The van der Waals surface area contributed by atoms with Crippen molar-refractivity contribution in [2.24, 2.45) is 0 Å². The summed E-state index contributed by atoms with van der Waals surface area (Å²) in [5.74, 6) is -0.298. The van der Waals surface area contributed by atoms with Crippen LogP contribution in [0.15, 0.2) is 42.7 Å². The molecule has 2 aromatic rings. The van der Waals surface area contributed by atoms with E-state index < -0.39 is 0 Å². The molecule has 2 aliphatic heterocycles. The molecular weight excluding hydrogens is 335 g/mol. The van der Waals surface area contributed by atoms with Gasteiger partial charge >= 0.3 is 0 Å². The minimum Gasteiger partial charge on any atom is -0.380 e. The Morgan fingerprint density at radius 3 is 3.08 bits per heavy atom. The normalized spacial score (nSPS) is 25.4. The van der Waals surface area contributed by atoms with Crippen LogP contribution in [0.1, 0.15) is 29.6 Å². The van der Waals surface area contributed by atoms with Crippen molar-refractivity contribution in [2.75, 3.05) is 25.0 Å². The van der Waals surface area contributed by atoms with E-state index in [1.807, 2.05) is 11.0 Å². The van der Waals surface area contributed by atoms with Gasteiger partial charge in [-0.25, -0.2) is 4.39 Å². The lowest BCUT2D eigenvalue weighted by molar-refractivity contribution is -0.0447. The highest BCUT2D eigenvalue weighted by molar-refractivity contribution is 5.93. The van der Waals surface area contributed by atoms with Crippen molar-refractivity contribution in [3.8, 4) is 0 Å². The van der Waals surface area contributed by atoms with Gasteiger partial charge in [-0.05, 0) is 37.1 Å². The first-order valence-corrected chi connectivity index (χ1v) is 8.86. The van der Waals surface area contributed by atoms with Crippen LogP contribution < -0.4 is 5.32 Å². The number of hydrogen-bond acceptors (Lipinski definition) is 5. The van der Waals surface area contributed by atoms with Crippen molar-refractivity contribution < 1.29 is 13.9 Å². The average Bonchev–Trinajstić information content (AvgIpc) is 3.03. The number of carbonyl (C=O) groups excluding carboxylic acids is 1. The molecule has 0 aliphatic carbocycles. The highest BCUT2D eigenvalue weighted by Gasteiger charge is 2.44. The number of piperidine rings is 1. The first kappa shape index (κ1) is 16.9. The van der Waals surface area contributed by atoms with Crippen LogP contribution in [0.3, 0.4) is 0 Å². The Kier molecular flexibility index (Phi) is 4.55. The van der Waals surface area contributed by atoms with E-state index in [9.17, 15) is 9.18 Å². The van der Waals surface area contributed by atoms with E-state index in [0.29, 0.717) is 25.3 Å². The predicted molar refractivity (Wildman–Crippen MR) is 94.3 cm³/mol. The molecule has 0 unspecified atom stereocenters. The molecule has 2 saturated heterocycles. The first-order valence-electron chi connectivity index (χ1n) is 8.86. The number of ether oxygens (including phenoxy) is 1. The number of halogens is 1. The summed E-state index contributed by atoms with van der Waals surface area (Å²) in [6.07, 6.45) is 5.64. The fourth-order valence-corrected chi connectivity index (χ4v) is 3.91. The maximum atomic E-state index is 13.4. The summed E-state index contributed by atoms with van der Waals surface area (Å²) in [7, 11) is 0. The minimum absolute atomic E-state index is 0.0379. The quantitative estimate of drug-likeness (QED) is 0.915. The van der Waals surface area contributed by atoms with Crippen molar-refractivity contribution in [2.45, 2.75) is 30.9 Å². The van der Waals surface area contributed by atoms with Gasteiger partial charge in [-0.2, -0.15) is 10.2 Å². The molecule has 0 radical (unpaired) electrons. The lowest BCUT2D eigenvalue weighted by atomic mass is 9.88. The third-order valence-corrected chi connectivity index (χ3v) is 5.06. The van der Waals surface area contributed by atoms with Gasteiger partial charge in [0, 0.05) is 18.7 Å². The number of rotatable bonds is 3. The molecule has 0 saturated carbocycles. The number of benzene rings is 1. The van der Waals surface area contributed by atoms with E-state index in [2.05, 4.69) is 15.5 Å². The number of anilines is 1. The number of carbonyl (C=O) groups is 1. The van der Waals surface area contributed by atoms with Gasteiger partial charge < -0.3 is 15.0 Å². The summed E-state index contributed by atoms with van der Waals surface area (Å²) < 4.78 is 19.5. The Balaban J connectivity index is 1.42. The number of likely N-dealkylation sites (tertiary alicyclic amines) is 1. The van der Waals surface area contributed by atoms with Gasteiger partial charge in [-0.1, -0.05) is 6.07 Å². The molecule has 1 amide bonds. The number of nitrogens with one attached hydrogen (secondary N) is 1. The maximum Gasteiger partial charge on any atom is 0.255 e. The van der Waals surface area contributed by atoms with Crippen LogP contribution in [-0.4, -0.2) is 52.3 Å². The molecule has 1 aromatic carbocycles. The number of aromatic nitrogens is 2. The van der Waals surface area contributed by atoms with E-state index in [-0.39, 0.29) is 23.4 Å². The Labute approximate surface area is 151 Å².